The van der Waals surface area contributed by atoms with Gasteiger partial charge >= 0.3 is 0 Å². The number of hydrogen-bond donors (Lipinski definition) is 0. The zero-order valence-corrected chi connectivity index (χ0v) is 8.86. The first-order chi connectivity index (χ1) is 5.77. The molecule has 0 aromatic rings. The number of ether oxygens (including phenoxy) is 1. The Labute approximate surface area is 78.9 Å². The highest BCUT2D eigenvalue weighted by molar-refractivity contribution is 7.90. The van der Waals surface area contributed by atoms with Crippen LogP contribution >= 0.6 is 0 Å². The van der Waals surface area contributed by atoms with Gasteiger partial charge in [0.25, 0.3) is 0 Å². The summed E-state index contributed by atoms with van der Waals surface area (Å²) in [5.41, 5.74) is 0. The molecule has 0 aliphatic rings. The molecule has 73 valence electrons. The molecule has 3 heteroatoms. The van der Waals surface area contributed by atoms with Crippen LogP contribution in [0.1, 0.15) is 26.2 Å². The Morgan fingerprint density at radius 3 is 2.58 bits per heavy atom. The predicted octanol–water partition coefficient (Wildman–Crippen LogP) is 1.78. The normalized spacial score (nSPS) is 13.2. The lowest BCUT2D eigenvalue weighted by Crippen LogP contribution is -2.07. The molecule has 0 spiro atoms. The third kappa shape index (κ3) is 10.3. The Bertz CT molecular complexity index is 86.6. The fourth-order valence-corrected chi connectivity index (χ4v) is 1.38. The van der Waals surface area contributed by atoms with E-state index in [1.165, 1.54) is 0 Å². The minimum Gasteiger partial charge on any atom is -0.617 e. The smallest absolute Gasteiger partial charge is 0.107 e. The third-order valence-corrected chi connectivity index (χ3v) is 2.37. The molecular formula is C9H19O2S. The van der Waals surface area contributed by atoms with Crippen molar-refractivity contribution >= 4 is 11.2 Å². The van der Waals surface area contributed by atoms with E-state index in [4.69, 9.17) is 4.74 Å². The summed E-state index contributed by atoms with van der Waals surface area (Å²) in [6.45, 7) is 3.64. The fraction of sp³-hybridized carbons (Fsp3) is 0.889. The Morgan fingerprint density at radius 1 is 1.33 bits per heavy atom. The first-order valence-corrected chi connectivity index (χ1v) is 6.15. The highest BCUT2D eigenvalue weighted by Gasteiger charge is 1.96. The van der Waals surface area contributed by atoms with Crippen molar-refractivity contribution in [2.24, 2.45) is 0 Å². The predicted molar refractivity (Wildman–Crippen MR) is 53.6 cm³/mol. The fourth-order valence-electron chi connectivity index (χ4n) is 0.856. The molecule has 0 fully saturated rings. The summed E-state index contributed by atoms with van der Waals surface area (Å²) in [7, 11) is 0. The van der Waals surface area contributed by atoms with E-state index in [0.717, 1.165) is 38.2 Å². The average molecular weight is 191 g/mol. The van der Waals surface area contributed by atoms with Crippen LogP contribution in [0.4, 0.5) is 0 Å². The van der Waals surface area contributed by atoms with E-state index in [0.29, 0.717) is 0 Å². The van der Waals surface area contributed by atoms with Crippen molar-refractivity contribution in [3.05, 3.63) is 6.42 Å². The lowest BCUT2D eigenvalue weighted by atomic mass is 10.3. The van der Waals surface area contributed by atoms with E-state index in [9.17, 15) is 4.55 Å². The topological polar surface area (TPSA) is 32.3 Å². The highest BCUT2D eigenvalue weighted by atomic mass is 32.2. The van der Waals surface area contributed by atoms with Crippen molar-refractivity contribution < 1.29 is 9.29 Å². The number of unbranched alkanes of at least 4 members (excludes halogenated alkanes) is 2. The molecule has 0 heterocycles. The summed E-state index contributed by atoms with van der Waals surface area (Å²) < 4.78 is 16.0. The zero-order valence-electron chi connectivity index (χ0n) is 8.04. The Hall–Kier alpha value is 0.270. The summed E-state index contributed by atoms with van der Waals surface area (Å²) in [5, 5.41) is 0. The number of hydrogen-bond acceptors (Lipinski definition) is 2. The van der Waals surface area contributed by atoms with E-state index in [-0.39, 0.29) is 0 Å². The van der Waals surface area contributed by atoms with Crippen molar-refractivity contribution in [2.75, 3.05) is 25.2 Å². The Kier molecular flexibility index (Phi) is 9.57. The molecular weight excluding hydrogens is 172 g/mol. The minimum atomic E-state index is -0.661. The molecule has 0 bridgehead atoms. The van der Waals surface area contributed by atoms with Gasteiger partial charge in [-0.15, -0.1) is 0 Å². The van der Waals surface area contributed by atoms with E-state index >= 15 is 0 Å². The molecule has 0 amide bonds. The summed E-state index contributed by atoms with van der Waals surface area (Å²) in [5.74, 6) is 0.764. The molecule has 0 N–H and O–H groups in total. The molecule has 0 aromatic heterocycles. The monoisotopic (exact) mass is 191 g/mol. The lowest BCUT2D eigenvalue weighted by molar-refractivity contribution is 0.133. The van der Waals surface area contributed by atoms with E-state index < -0.39 is 11.2 Å². The quantitative estimate of drug-likeness (QED) is 0.432. The van der Waals surface area contributed by atoms with Gasteiger partial charge in [0, 0.05) is 13.0 Å². The second-order valence-electron chi connectivity index (χ2n) is 2.79. The summed E-state index contributed by atoms with van der Waals surface area (Å²) in [4.78, 5) is 0. The highest BCUT2D eigenvalue weighted by Crippen LogP contribution is 1.95. The van der Waals surface area contributed by atoms with Crippen molar-refractivity contribution in [3.63, 3.8) is 0 Å². The first kappa shape index (κ1) is 12.3. The second-order valence-corrected chi connectivity index (χ2v) is 4.35. The van der Waals surface area contributed by atoms with Crippen molar-refractivity contribution in [1.82, 2.24) is 0 Å². The van der Waals surface area contributed by atoms with Crippen LogP contribution in [0.3, 0.4) is 0 Å². The van der Waals surface area contributed by atoms with Crippen LogP contribution in [0.25, 0.3) is 0 Å². The van der Waals surface area contributed by atoms with Gasteiger partial charge in [-0.05, 0) is 19.3 Å². The summed E-state index contributed by atoms with van der Waals surface area (Å²) in [6.07, 6.45) is 7.01. The Balaban J connectivity index is 2.82. The van der Waals surface area contributed by atoms with Crippen LogP contribution in [0.2, 0.25) is 0 Å². The van der Waals surface area contributed by atoms with Crippen LogP contribution in [0, 0.1) is 6.42 Å². The largest absolute Gasteiger partial charge is 0.617 e. The van der Waals surface area contributed by atoms with Gasteiger partial charge < -0.3 is 9.29 Å². The van der Waals surface area contributed by atoms with Crippen molar-refractivity contribution in [1.29, 1.82) is 0 Å². The molecule has 1 atom stereocenters. The van der Waals surface area contributed by atoms with Crippen molar-refractivity contribution in [3.8, 4) is 0 Å². The molecule has 0 aliphatic carbocycles. The van der Waals surface area contributed by atoms with Crippen LogP contribution < -0.4 is 0 Å². The van der Waals surface area contributed by atoms with E-state index in [1.54, 1.807) is 6.26 Å². The molecule has 2 nitrogen and oxygen atoms in total. The van der Waals surface area contributed by atoms with Gasteiger partial charge in [-0.25, -0.2) is 0 Å². The van der Waals surface area contributed by atoms with Crippen LogP contribution in [0.15, 0.2) is 0 Å². The van der Waals surface area contributed by atoms with Gasteiger partial charge in [0.05, 0.1) is 12.9 Å². The molecule has 0 rings (SSSR count). The summed E-state index contributed by atoms with van der Waals surface area (Å²) in [6, 6.07) is 0. The summed E-state index contributed by atoms with van der Waals surface area (Å²) >= 11 is -0.661. The third-order valence-electron chi connectivity index (χ3n) is 1.50. The number of rotatable bonds is 8. The van der Waals surface area contributed by atoms with E-state index in [2.05, 4.69) is 13.3 Å². The van der Waals surface area contributed by atoms with Gasteiger partial charge in [0.2, 0.25) is 0 Å². The van der Waals surface area contributed by atoms with Crippen LogP contribution in [-0.2, 0) is 15.9 Å². The molecule has 12 heavy (non-hydrogen) atoms. The van der Waals surface area contributed by atoms with Crippen LogP contribution in [-0.4, -0.2) is 29.8 Å². The molecule has 0 saturated carbocycles. The lowest BCUT2D eigenvalue weighted by Gasteiger charge is -2.05. The maximum atomic E-state index is 10.6. The van der Waals surface area contributed by atoms with Gasteiger partial charge in [-0.1, -0.05) is 18.1 Å². The molecule has 0 saturated heterocycles. The van der Waals surface area contributed by atoms with Gasteiger partial charge in [0.1, 0.15) is 5.75 Å². The zero-order chi connectivity index (χ0) is 9.23. The SMILES string of the molecule is C[CH]CCCOCCC[S+](C)[O-]. The average Bonchev–Trinajstić information content (AvgIpc) is 2.02. The molecule has 1 unspecified atom stereocenters. The Morgan fingerprint density at radius 2 is 2.00 bits per heavy atom. The molecule has 0 aliphatic heterocycles. The van der Waals surface area contributed by atoms with Crippen LogP contribution in [0.5, 0.6) is 0 Å². The van der Waals surface area contributed by atoms with Gasteiger partial charge in [-0.3, -0.25) is 0 Å². The van der Waals surface area contributed by atoms with Gasteiger partial charge in [-0.2, -0.15) is 0 Å². The van der Waals surface area contributed by atoms with Crippen molar-refractivity contribution in [2.45, 2.75) is 26.2 Å². The van der Waals surface area contributed by atoms with Gasteiger partial charge in [0.15, 0.2) is 0 Å². The standard InChI is InChI=1S/C9H19O2S/c1-3-4-5-7-11-8-6-9-12(2)10/h3H,4-9H2,1-2H3. The first-order valence-electron chi connectivity index (χ1n) is 4.43. The van der Waals surface area contributed by atoms with E-state index in [1.807, 2.05) is 0 Å². The minimum absolute atomic E-state index is 0.661. The second kappa shape index (κ2) is 9.36. The maximum absolute atomic E-state index is 10.6. The molecule has 0 aromatic carbocycles. The maximum Gasteiger partial charge on any atom is 0.107 e. The molecule has 1 radical (unpaired) electrons.